The maximum absolute atomic E-state index is 13.9. The predicted octanol–water partition coefficient (Wildman–Crippen LogP) is 3.13. The lowest BCUT2D eigenvalue weighted by Gasteiger charge is -2.31. The summed E-state index contributed by atoms with van der Waals surface area (Å²) in [5.41, 5.74) is 6.33. The number of sulfone groups is 1. The zero-order chi connectivity index (χ0) is 22.6. The zero-order valence-electron chi connectivity index (χ0n) is 17.6. The van der Waals surface area contributed by atoms with Crippen LogP contribution >= 0.6 is 0 Å². The van der Waals surface area contributed by atoms with Gasteiger partial charge in [0.15, 0.2) is 9.84 Å². The molecular weight excluding hydrogens is 434 g/mol. The van der Waals surface area contributed by atoms with Crippen LogP contribution < -0.4 is 5.73 Å². The van der Waals surface area contributed by atoms with Crippen molar-refractivity contribution in [3.63, 3.8) is 0 Å². The molecule has 7 nitrogen and oxygen atoms in total. The first-order valence-corrected chi connectivity index (χ1v) is 13.4. The average molecular weight is 462 g/mol. The van der Waals surface area contributed by atoms with Gasteiger partial charge in [-0.25, -0.2) is 16.8 Å². The van der Waals surface area contributed by atoms with Gasteiger partial charge in [0, 0.05) is 42.0 Å². The number of pyridine rings is 1. The lowest BCUT2D eigenvalue weighted by Crippen LogP contribution is -2.36. The predicted molar refractivity (Wildman–Crippen MR) is 122 cm³/mol. The molecule has 1 atom stereocenters. The summed E-state index contributed by atoms with van der Waals surface area (Å²) in [6, 6.07) is 12.7. The van der Waals surface area contributed by atoms with Crippen molar-refractivity contribution in [2.24, 2.45) is 5.73 Å². The molecule has 166 valence electrons. The second-order valence-electron chi connectivity index (χ2n) is 7.38. The number of nitrogens with two attached hydrogens (primary N) is 1. The fraction of sp³-hybridized carbons (Fsp3) is 0.318. The van der Waals surface area contributed by atoms with Crippen LogP contribution in [0.1, 0.15) is 31.4 Å². The molecule has 0 radical (unpaired) electrons. The Morgan fingerprint density at radius 2 is 1.81 bits per heavy atom. The Morgan fingerprint density at radius 1 is 1.06 bits per heavy atom. The number of hydrogen-bond acceptors (Lipinski definition) is 6. The summed E-state index contributed by atoms with van der Waals surface area (Å²) in [6.07, 6.45) is 5.29. The quantitative estimate of drug-likeness (QED) is 0.524. The van der Waals surface area contributed by atoms with Crippen molar-refractivity contribution >= 4 is 30.6 Å². The van der Waals surface area contributed by atoms with Crippen molar-refractivity contribution in [2.45, 2.75) is 35.6 Å². The zero-order valence-corrected chi connectivity index (χ0v) is 19.2. The van der Waals surface area contributed by atoms with Gasteiger partial charge in [0.2, 0.25) is 10.0 Å². The third kappa shape index (κ3) is 4.95. The van der Waals surface area contributed by atoms with E-state index in [9.17, 15) is 16.8 Å². The van der Waals surface area contributed by atoms with E-state index in [1.165, 1.54) is 10.4 Å². The fourth-order valence-corrected chi connectivity index (χ4v) is 6.31. The Bertz CT molecular complexity index is 1270. The van der Waals surface area contributed by atoms with E-state index in [1.54, 1.807) is 48.8 Å². The van der Waals surface area contributed by atoms with Crippen molar-refractivity contribution in [1.82, 2.24) is 9.29 Å². The highest BCUT2D eigenvalue weighted by Crippen LogP contribution is 2.34. The second kappa shape index (κ2) is 9.44. The van der Waals surface area contributed by atoms with Crippen molar-refractivity contribution in [2.75, 3.05) is 19.3 Å². The average Bonchev–Trinajstić information content (AvgIpc) is 2.75. The van der Waals surface area contributed by atoms with Gasteiger partial charge in [0.25, 0.3) is 0 Å². The number of aromatic nitrogens is 1. The molecule has 0 saturated carbocycles. The topological polar surface area (TPSA) is 110 Å². The van der Waals surface area contributed by atoms with Gasteiger partial charge in [-0.15, -0.1) is 0 Å². The summed E-state index contributed by atoms with van der Waals surface area (Å²) < 4.78 is 53.2. The van der Waals surface area contributed by atoms with E-state index in [-0.39, 0.29) is 16.3 Å². The van der Waals surface area contributed by atoms with Crippen LogP contribution in [0.4, 0.5) is 0 Å². The molecule has 31 heavy (non-hydrogen) atoms. The summed E-state index contributed by atoms with van der Waals surface area (Å²) in [6.45, 7) is 2.45. The number of rotatable bonds is 9. The van der Waals surface area contributed by atoms with Crippen LogP contribution in [0.2, 0.25) is 0 Å². The molecule has 0 spiro atoms. The van der Waals surface area contributed by atoms with Gasteiger partial charge in [0.1, 0.15) is 0 Å². The van der Waals surface area contributed by atoms with Crippen molar-refractivity contribution < 1.29 is 16.8 Å². The van der Waals surface area contributed by atoms with Gasteiger partial charge in [0.05, 0.1) is 9.79 Å². The van der Waals surface area contributed by atoms with Crippen LogP contribution in [0.25, 0.3) is 10.8 Å². The summed E-state index contributed by atoms with van der Waals surface area (Å²) in [4.78, 5) is 4.44. The van der Waals surface area contributed by atoms with E-state index in [0.717, 1.165) is 11.6 Å². The summed E-state index contributed by atoms with van der Waals surface area (Å²) in [5.74, 6) is 0. The molecule has 0 aliphatic heterocycles. The van der Waals surface area contributed by atoms with Gasteiger partial charge in [-0.05, 0) is 49.2 Å². The molecule has 0 fully saturated rings. The minimum absolute atomic E-state index is 0.163. The van der Waals surface area contributed by atoms with Crippen molar-refractivity contribution in [3.05, 3.63) is 66.5 Å². The molecule has 1 aromatic heterocycles. The normalized spacial score (nSPS) is 13.5. The van der Waals surface area contributed by atoms with Crippen LogP contribution in [0, 0.1) is 0 Å². The monoisotopic (exact) mass is 461 g/mol. The van der Waals surface area contributed by atoms with Crippen LogP contribution in [0.5, 0.6) is 0 Å². The van der Waals surface area contributed by atoms with Crippen molar-refractivity contribution in [3.8, 4) is 0 Å². The molecule has 3 rings (SSSR count). The lowest BCUT2D eigenvalue weighted by molar-refractivity contribution is 0.314. The van der Waals surface area contributed by atoms with E-state index < -0.39 is 25.9 Å². The highest BCUT2D eigenvalue weighted by atomic mass is 32.2. The van der Waals surface area contributed by atoms with Gasteiger partial charge in [-0.1, -0.05) is 31.2 Å². The fourth-order valence-electron chi connectivity index (χ4n) is 3.69. The lowest BCUT2D eigenvalue weighted by atomic mass is 10.0. The van der Waals surface area contributed by atoms with Crippen LogP contribution in [-0.4, -0.2) is 45.5 Å². The Kier molecular flexibility index (Phi) is 7.10. The maximum Gasteiger partial charge on any atom is 0.244 e. The third-order valence-electron chi connectivity index (χ3n) is 5.22. The number of benzene rings is 2. The third-order valence-corrected chi connectivity index (χ3v) is 8.29. The van der Waals surface area contributed by atoms with Gasteiger partial charge in [-0.3, -0.25) is 4.98 Å². The van der Waals surface area contributed by atoms with E-state index in [1.807, 2.05) is 13.0 Å². The molecule has 2 N–H and O–H groups in total. The SMILES string of the molecule is CCC(c1cccc(S(C)(=O)=O)c1)N(CCCN)S(=O)(=O)c1cccc2cnccc12. The highest BCUT2D eigenvalue weighted by molar-refractivity contribution is 7.90. The van der Waals surface area contributed by atoms with E-state index in [2.05, 4.69) is 4.98 Å². The number of sulfonamides is 1. The summed E-state index contributed by atoms with van der Waals surface area (Å²) in [7, 11) is -7.33. The minimum Gasteiger partial charge on any atom is -0.330 e. The van der Waals surface area contributed by atoms with Crippen LogP contribution in [0.3, 0.4) is 0 Å². The number of nitrogens with zero attached hydrogens (tertiary/aromatic N) is 2. The first-order valence-electron chi connectivity index (χ1n) is 10.0. The molecule has 0 aliphatic carbocycles. The van der Waals surface area contributed by atoms with Gasteiger partial charge in [-0.2, -0.15) is 4.31 Å². The van der Waals surface area contributed by atoms with Crippen LogP contribution in [0.15, 0.2) is 70.7 Å². The minimum atomic E-state index is -3.91. The molecule has 0 amide bonds. The molecule has 0 aliphatic rings. The first kappa shape index (κ1) is 23.3. The Hall–Kier alpha value is -2.33. The number of fused-ring (bicyclic) bond motifs is 1. The summed E-state index contributed by atoms with van der Waals surface area (Å²) in [5, 5.41) is 1.32. The molecule has 2 aromatic carbocycles. The molecular formula is C22H27N3O4S2. The van der Waals surface area contributed by atoms with Gasteiger partial charge < -0.3 is 5.73 Å². The standard InChI is InChI=1S/C22H27N3O4S2/c1-3-21(17-7-4-9-19(15-17)30(2,26)27)25(14-6-12-23)31(28,29)22-10-5-8-18-16-24-13-11-20(18)22/h4-5,7-11,13,15-16,21H,3,6,12,14,23H2,1-2H3. The van der Waals surface area contributed by atoms with E-state index in [0.29, 0.717) is 30.3 Å². The van der Waals surface area contributed by atoms with E-state index in [4.69, 9.17) is 5.73 Å². The van der Waals surface area contributed by atoms with E-state index >= 15 is 0 Å². The first-order chi connectivity index (χ1) is 14.7. The Balaban J connectivity index is 2.16. The largest absolute Gasteiger partial charge is 0.330 e. The molecule has 1 heterocycles. The molecule has 0 bridgehead atoms. The molecule has 3 aromatic rings. The highest BCUT2D eigenvalue weighted by Gasteiger charge is 2.32. The summed E-state index contributed by atoms with van der Waals surface area (Å²) >= 11 is 0. The molecule has 9 heteroatoms. The Labute approximate surface area is 183 Å². The van der Waals surface area contributed by atoms with Crippen molar-refractivity contribution in [1.29, 1.82) is 0 Å². The molecule has 0 saturated heterocycles. The number of hydrogen-bond donors (Lipinski definition) is 1. The van der Waals surface area contributed by atoms with Crippen LogP contribution in [-0.2, 0) is 19.9 Å². The smallest absolute Gasteiger partial charge is 0.244 e. The van der Waals surface area contributed by atoms with Gasteiger partial charge >= 0.3 is 0 Å². The second-order valence-corrected chi connectivity index (χ2v) is 11.3. The Morgan fingerprint density at radius 3 is 2.48 bits per heavy atom. The molecule has 1 unspecified atom stereocenters. The maximum atomic E-state index is 13.9.